The zero-order chi connectivity index (χ0) is 24.0. The van der Waals surface area contributed by atoms with Crippen molar-refractivity contribution in [3.05, 3.63) is 65.7 Å². The second-order valence-electron chi connectivity index (χ2n) is 8.81. The highest BCUT2D eigenvalue weighted by Gasteiger charge is 2.23. The molecule has 7 nitrogen and oxygen atoms in total. The Balaban J connectivity index is 1.90. The van der Waals surface area contributed by atoms with Gasteiger partial charge in [0.2, 0.25) is 5.91 Å². The molecule has 0 saturated heterocycles. The number of rotatable bonds is 7. The van der Waals surface area contributed by atoms with Gasteiger partial charge in [0.25, 0.3) is 0 Å². The summed E-state index contributed by atoms with van der Waals surface area (Å²) in [6.45, 7) is 11.1. The molecule has 0 spiro atoms. The molecule has 8 heteroatoms. The number of imide groups is 1. The smallest absolute Gasteiger partial charge is 0.321 e. The molecule has 33 heavy (non-hydrogen) atoms. The Labute approximate surface area is 199 Å². The van der Waals surface area contributed by atoms with Gasteiger partial charge in [0.1, 0.15) is 0 Å². The third-order valence-electron chi connectivity index (χ3n) is 5.13. The van der Waals surface area contributed by atoms with Gasteiger partial charge in [-0.15, -0.1) is 10.2 Å². The molecule has 0 radical (unpaired) electrons. The SMILES string of the molecule is CCNC(=O)NC(=O)C(C)Sc1nnc(-c2ccc(C(C)(C)C)cc2)n1Cc1ccccc1. The van der Waals surface area contributed by atoms with Crippen LogP contribution in [-0.4, -0.2) is 38.5 Å². The van der Waals surface area contributed by atoms with Gasteiger partial charge in [-0.2, -0.15) is 0 Å². The Bertz CT molecular complexity index is 1090. The molecule has 3 amide bonds. The number of carbonyl (C=O) groups is 2. The summed E-state index contributed by atoms with van der Waals surface area (Å²) in [5.41, 5.74) is 3.36. The van der Waals surface area contributed by atoms with E-state index in [1.165, 1.54) is 17.3 Å². The van der Waals surface area contributed by atoms with Gasteiger partial charge >= 0.3 is 6.03 Å². The third-order valence-corrected chi connectivity index (χ3v) is 6.22. The first-order valence-corrected chi connectivity index (χ1v) is 11.9. The van der Waals surface area contributed by atoms with Gasteiger partial charge in [-0.3, -0.25) is 14.7 Å². The number of hydrogen-bond acceptors (Lipinski definition) is 5. The van der Waals surface area contributed by atoms with Gasteiger partial charge in [-0.25, -0.2) is 4.79 Å². The van der Waals surface area contributed by atoms with E-state index >= 15 is 0 Å². The van der Waals surface area contributed by atoms with Crippen molar-refractivity contribution in [3.63, 3.8) is 0 Å². The van der Waals surface area contributed by atoms with Crippen molar-refractivity contribution in [1.29, 1.82) is 0 Å². The average molecular weight is 466 g/mol. The van der Waals surface area contributed by atoms with Gasteiger partial charge in [-0.05, 0) is 30.4 Å². The lowest BCUT2D eigenvalue weighted by atomic mass is 9.87. The topological polar surface area (TPSA) is 88.9 Å². The van der Waals surface area contributed by atoms with E-state index in [-0.39, 0.29) is 11.3 Å². The van der Waals surface area contributed by atoms with Gasteiger partial charge in [0.15, 0.2) is 11.0 Å². The zero-order valence-corrected chi connectivity index (χ0v) is 20.6. The van der Waals surface area contributed by atoms with Crippen molar-refractivity contribution in [2.24, 2.45) is 0 Å². The molecule has 174 valence electrons. The molecular weight excluding hydrogens is 434 g/mol. The van der Waals surface area contributed by atoms with Crippen molar-refractivity contribution in [1.82, 2.24) is 25.4 Å². The van der Waals surface area contributed by atoms with Crippen LogP contribution in [0.25, 0.3) is 11.4 Å². The minimum Gasteiger partial charge on any atom is -0.338 e. The first-order valence-electron chi connectivity index (χ1n) is 11.0. The summed E-state index contributed by atoms with van der Waals surface area (Å²) in [6.07, 6.45) is 0. The zero-order valence-electron chi connectivity index (χ0n) is 19.8. The highest BCUT2D eigenvalue weighted by Crippen LogP contribution is 2.30. The van der Waals surface area contributed by atoms with Gasteiger partial charge in [0.05, 0.1) is 11.8 Å². The second-order valence-corrected chi connectivity index (χ2v) is 10.1. The van der Waals surface area contributed by atoms with Gasteiger partial charge < -0.3 is 5.32 Å². The summed E-state index contributed by atoms with van der Waals surface area (Å²) in [7, 11) is 0. The molecule has 0 bridgehead atoms. The number of hydrogen-bond donors (Lipinski definition) is 2. The monoisotopic (exact) mass is 465 g/mol. The summed E-state index contributed by atoms with van der Waals surface area (Å²) >= 11 is 1.28. The van der Waals surface area contributed by atoms with Crippen molar-refractivity contribution >= 4 is 23.7 Å². The Hall–Kier alpha value is -3.13. The highest BCUT2D eigenvalue weighted by molar-refractivity contribution is 8.00. The first-order chi connectivity index (χ1) is 15.7. The molecule has 0 fully saturated rings. The summed E-state index contributed by atoms with van der Waals surface area (Å²) in [6, 6.07) is 17.9. The molecule has 0 aliphatic rings. The van der Waals surface area contributed by atoms with Crippen molar-refractivity contribution in [2.45, 2.75) is 57.0 Å². The average Bonchev–Trinajstić information content (AvgIpc) is 3.16. The molecule has 2 aromatic carbocycles. The van der Waals surface area contributed by atoms with Crippen LogP contribution in [0.5, 0.6) is 0 Å². The number of urea groups is 1. The van der Waals surface area contributed by atoms with E-state index in [1.807, 2.05) is 34.9 Å². The quantitative estimate of drug-likeness (QED) is 0.497. The number of thioether (sulfide) groups is 1. The number of nitrogens with one attached hydrogen (secondary N) is 2. The maximum atomic E-state index is 12.5. The van der Waals surface area contributed by atoms with Gasteiger partial charge in [-0.1, -0.05) is 87.1 Å². The summed E-state index contributed by atoms with van der Waals surface area (Å²) < 4.78 is 2.02. The Morgan fingerprint density at radius 3 is 2.30 bits per heavy atom. The summed E-state index contributed by atoms with van der Waals surface area (Å²) in [5.74, 6) is 0.356. The Morgan fingerprint density at radius 1 is 1.03 bits per heavy atom. The van der Waals surface area contributed by atoms with Crippen LogP contribution in [-0.2, 0) is 16.8 Å². The maximum absolute atomic E-state index is 12.5. The highest BCUT2D eigenvalue weighted by atomic mass is 32.2. The van der Waals surface area contributed by atoms with Crippen LogP contribution in [0.2, 0.25) is 0 Å². The van der Waals surface area contributed by atoms with Crippen LogP contribution in [0.1, 0.15) is 45.7 Å². The normalized spacial score (nSPS) is 12.3. The summed E-state index contributed by atoms with van der Waals surface area (Å²) in [5, 5.41) is 13.9. The first kappa shape index (κ1) is 24.5. The van der Waals surface area contributed by atoms with Crippen LogP contribution in [0, 0.1) is 0 Å². The Kier molecular flexibility index (Phi) is 7.92. The molecule has 0 saturated carbocycles. The molecule has 1 atom stereocenters. The number of amides is 3. The molecule has 3 rings (SSSR count). The number of benzene rings is 2. The molecular formula is C25H31N5O2S. The lowest BCUT2D eigenvalue weighted by molar-refractivity contribution is -0.119. The lowest BCUT2D eigenvalue weighted by Gasteiger charge is -2.19. The predicted octanol–water partition coefficient (Wildman–Crippen LogP) is 4.62. The fourth-order valence-electron chi connectivity index (χ4n) is 3.25. The fourth-order valence-corrected chi connectivity index (χ4v) is 4.10. The second kappa shape index (κ2) is 10.7. The van der Waals surface area contributed by atoms with E-state index < -0.39 is 11.3 Å². The van der Waals surface area contributed by atoms with Crippen LogP contribution < -0.4 is 10.6 Å². The van der Waals surface area contributed by atoms with Crippen LogP contribution in [0.4, 0.5) is 4.79 Å². The molecule has 2 N–H and O–H groups in total. The van der Waals surface area contributed by atoms with E-state index in [0.29, 0.717) is 18.2 Å². The molecule has 0 aliphatic heterocycles. The predicted molar refractivity (Wildman–Crippen MR) is 132 cm³/mol. The van der Waals surface area contributed by atoms with E-state index in [1.54, 1.807) is 13.8 Å². The van der Waals surface area contributed by atoms with Crippen molar-refractivity contribution in [2.75, 3.05) is 6.54 Å². The van der Waals surface area contributed by atoms with E-state index in [2.05, 4.69) is 65.9 Å². The third kappa shape index (κ3) is 6.44. The number of carbonyl (C=O) groups excluding carboxylic acids is 2. The summed E-state index contributed by atoms with van der Waals surface area (Å²) in [4.78, 5) is 24.2. The minimum atomic E-state index is -0.526. The standard InChI is InChI=1S/C25H31N5O2S/c1-6-26-23(32)27-22(31)17(2)33-24-29-28-21(30(24)16-18-10-8-7-9-11-18)19-12-14-20(15-13-19)25(3,4)5/h7-15,17H,6,16H2,1-5H3,(H2,26,27,31,32). The molecule has 1 heterocycles. The molecule has 1 unspecified atom stereocenters. The van der Waals surface area contributed by atoms with E-state index in [9.17, 15) is 9.59 Å². The van der Waals surface area contributed by atoms with E-state index in [4.69, 9.17) is 0 Å². The number of aromatic nitrogens is 3. The van der Waals surface area contributed by atoms with E-state index in [0.717, 1.165) is 17.0 Å². The van der Waals surface area contributed by atoms with Crippen LogP contribution in [0.3, 0.4) is 0 Å². The molecule has 3 aromatic rings. The van der Waals surface area contributed by atoms with Crippen LogP contribution >= 0.6 is 11.8 Å². The van der Waals surface area contributed by atoms with Crippen molar-refractivity contribution < 1.29 is 9.59 Å². The minimum absolute atomic E-state index is 0.0596. The van der Waals surface area contributed by atoms with Crippen molar-refractivity contribution in [3.8, 4) is 11.4 Å². The maximum Gasteiger partial charge on any atom is 0.321 e. The lowest BCUT2D eigenvalue weighted by Crippen LogP contribution is -2.42. The largest absolute Gasteiger partial charge is 0.338 e. The van der Waals surface area contributed by atoms with Crippen LogP contribution in [0.15, 0.2) is 59.8 Å². The molecule has 0 aliphatic carbocycles. The Morgan fingerprint density at radius 2 is 1.70 bits per heavy atom. The van der Waals surface area contributed by atoms with Gasteiger partial charge in [0, 0.05) is 12.1 Å². The molecule has 1 aromatic heterocycles. The number of nitrogens with zero attached hydrogens (tertiary/aromatic N) is 3. The fraction of sp³-hybridized carbons (Fsp3) is 0.360.